The molecule has 0 bridgehead atoms. The number of rotatable bonds is 7. The summed E-state index contributed by atoms with van der Waals surface area (Å²) in [5, 5.41) is 12.9. The summed E-state index contributed by atoms with van der Waals surface area (Å²) in [7, 11) is 0. The Bertz CT molecular complexity index is 1300. The highest BCUT2D eigenvalue weighted by atomic mass is 32.1. The summed E-state index contributed by atoms with van der Waals surface area (Å²) in [6.07, 6.45) is 1.67. The van der Waals surface area contributed by atoms with Crippen LogP contribution in [-0.4, -0.2) is 9.49 Å². The van der Waals surface area contributed by atoms with E-state index in [1.54, 1.807) is 12.1 Å². The average Bonchev–Trinajstić information content (AvgIpc) is 3.19. The van der Waals surface area contributed by atoms with Crippen LogP contribution in [0.3, 0.4) is 0 Å². The van der Waals surface area contributed by atoms with Gasteiger partial charge in [-0.15, -0.1) is 11.3 Å². The Hall–Kier alpha value is -3.65. The van der Waals surface area contributed by atoms with Gasteiger partial charge in [0.05, 0.1) is 10.6 Å². The molecule has 0 spiro atoms. The van der Waals surface area contributed by atoms with E-state index in [1.165, 1.54) is 41.2 Å². The summed E-state index contributed by atoms with van der Waals surface area (Å²) in [6, 6.07) is 19.7. The summed E-state index contributed by atoms with van der Waals surface area (Å²) in [5.74, 6) is -1.39. The second-order valence-corrected chi connectivity index (χ2v) is 7.99. The summed E-state index contributed by atoms with van der Waals surface area (Å²) < 4.78 is 29.4. The molecule has 0 aliphatic rings. The van der Waals surface area contributed by atoms with Crippen molar-refractivity contribution < 1.29 is 13.7 Å². The fraction of sp³-hybridized carbons (Fsp3) is 0.125. The number of non-ortho nitro benzene ring substituents is 1. The highest BCUT2D eigenvalue weighted by Gasteiger charge is 2.12. The number of halogens is 2. The van der Waals surface area contributed by atoms with Crippen LogP contribution in [0.25, 0.3) is 11.3 Å². The molecule has 0 saturated heterocycles. The molecular formula is C24H19F2N3O2S. The summed E-state index contributed by atoms with van der Waals surface area (Å²) >= 11 is 1.34. The van der Waals surface area contributed by atoms with Crippen LogP contribution in [0.2, 0.25) is 0 Å². The van der Waals surface area contributed by atoms with Gasteiger partial charge in [0.2, 0.25) is 0 Å². The van der Waals surface area contributed by atoms with Gasteiger partial charge in [-0.1, -0.05) is 30.3 Å². The molecule has 0 unspecified atom stereocenters. The van der Waals surface area contributed by atoms with Crippen molar-refractivity contribution in [3.05, 3.63) is 110 Å². The van der Waals surface area contributed by atoms with Crippen LogP contribution in [0.15, 0.2) is 83.2 Å². The molecule has 162 valence electrons. The van der Waals surface area contributed by atoms with Crippen molar-refractivity contribution in [3.63, 3.8) is 0 Å². The van der Waals surface area contributed by atoms with Crippen LogP contribution >= 0.6 is 11.3 Å². The normalized spacial score (nSPS) is 11.6. The number of thiazole rings is 1. The Morgan fingerprint density at radius 2 is 1.75 bits per heavy atom. The standard InChI is InChI=1S/C24H19F2N3O2S/c25-19-10-13-22(21(26)15-19)27-24-28(14-4-7-17-5-2-1-3-6-17)23(16-32-24)18-8-11-20(12-9-18)29(30)31/h1-3,5-6,8-13,15-16H,4,7,14H2. The lowest BCUT2D eigenvalue weighted by Crippen LogP contribution is -2.16. The zero-order valence-electron chi connectivity index (χ0n) is 16.9. The zero-order chi connectivity index (χ0) is 22.5. The lowest BCUT2D eigenvalue weighted by Gasteiger charge is -2.10. The van der Waals surface area contributed by atoms with Gasteiger partial charge in [0.15, 0.2) is 10.6 Å². The highest BCUT2D eigenvalue weighted by molar-refractivity contribution is 7.07. The lowest BCUT2D eigenvalue weighted by molar-refractivity contribution is -0.384. The average molecular weight is 451 g/mol. The number of aryl methyl sites for hydroxylation is 1. The number of hydrogen-bond donors (Lipinski definition) is 0. The van der Waals surface area contributed by atoms with Gasteiger partial charge in [-0.3, -0.25) is 10.1 Å². The number of nitrogens with zero attached hydrogens (tertiary/aromatic N) is 3. The first-order valence-electron chi connectivity index (χ1n) is 9.98. The summed E-state index contributed by atoms with van der Waals surface area (Å²) in [6.45, 7) is 0.617. The van der Waals surface area contributed by atoms with Crippen LogP contribution in [0.4, 0.5) is 20.2 Å². The first kappa shape index (κ1) is 21.6. The molecule has 0 radical (unpaired) electrons. The lowest BCUT2D eigenvalue weighted by atomic mass is 10.1. The smallest absolute Gasteiger partial charge is 0.269 e. The maximum atomic E-state index is 14.2. The Balaban J connectivity index is 1.71. The largest absolute Gasteiger partial charge is 0.316 e. The van der Waals surface area contributed by atoms with E-state index in [1.807, 2.05) is 28.1 Å². The number of hydrogen-bond acceptors (Lipinski definition) is 4. The molecule has 3 aromatic carbocycles. The Labute approximate surface area is 187 Å². The van der Waals surface area contributed by atoms with Crippen molar-refractivity contribution >= 4 is 22.7 Å². The van der Waals surface area contributed by atoms with Gasteiger partial charge in [-0.2, -0.15) is 0 Å². The molecule has 0 amide bonds. The first-order valence-corrected chi connectivity index (χ1v) is 10.9. The number of nitro groups is 1. The van der Waals surface area contributed by atoms with E-state index in [-0.39, 0.29) is 11.4 Å². The van der Waals surface area contributed by atoms with E-state index >= 15 is 0 Å². The third-order valence-corrected chi connectivity index (χ3v) is 5.85. The van der Waals surface area contributed by atoms with E-state index < -0.39 is 16.6 Å². The van der Waals surface area contributed by atoms with Crippen LogP contribution in [-0.2, 0) is 13.0 Å². The summed E-state index contributed by atoms with van der Waals surface area (Å²) in [5.41, 5.74) is 2.91. The molecule has 1 heterocycles. The fourth-order valence-corrected chi connectivity index (χ4v) is 4.33. The molecule has 0 aliphatic heterocycles. The predicted molar refractivity (Wildman–Crippen MR) is 121 cm³/mol. The molecule has 0 fully saturated rings. The highest BCUT2D eigenvalue weighted by Crippen LogP contribution is 2.25. The SMILES string of the molecule is O=[N+]([O-])c1ccc(-c2csc(=Nc3ccc(F)cc3F)n2CCCc2ccccc2)cc1. The minimum absolute atomic E-state index is 0.0119. The first-order chi connectivity index (χ1) is 15.5. The predicted octanol–water partition coefficient (Wildman–Crippen LogP) is 6.27. The van der Waals surface area contributed by atoms with Crippen molar-refractivity contribution in [1.82, 2.24) is 4.57 Å². The van der Waals surface area contributed by atoms with E-state index in [0.717, 1.165) is 30.2 Å². The third-order valence-electron chi connectivity index (χ3n) is 4.99. The Kier molecular flexibility index (Phi) is 6.51. The van der Waals surface area contributed by atoms with Crippen molar-refractivity contribution in [2.24, 2.45) is 4.99 Å². The topological polar surface area (TPSA) is 60.4 Å². The van der Waals surface area contributed by atoms with Gasteiger partial charge in [0.1, 0.15) is 11.5 Å². The number of benzene rings is 3. The van der Waals surface area contributed by atoms with Crippen LogP contribution in [0.5, 0.6) is 0 Å². The van der Waals surface area contributed by atoms with Gasteiger partial charge in [0.25, 0.3) is 5.69 Å². The van der Waals surface area contributed by atoms with E-state index in [2.05, 4.69) is 17.1 Å². The van der Waals surface area contributed by atoms with Crippen molar-refractivity contribution in [1.29, 1.82) is 0 Å². The zero-order valence-corrected chi connectivity index (χ0v) is 17.8. The third kappa shape index (κ3) is 4.97. The molecule has 0 atom stereocenters. The molecular weight excluding hydrogens is 432 g/mol. The van der Waals surface area contributed by atoms with E-state index in [0.29, 0.717) is 11.3 Å². The summed E-state index contributed by atoms with van der Waals surface area (Å²) in [4.78, 5) is 15.5. The molecule has 5 nitrogen and oxygen atoms in total. The molecule has 4 aromatic rings. The van der Waals surface area contributed by atoms with Crippen LogP contribution < -0.4 is 4.80 Å². The van der Waals surface area contributed by atoms with Gasteiger partial charge >= 0.3 is 0 Å². The molecule has 0 saturated carbocycles. The quantitative estimate of drug-likeness (QED) is 0.246. The van der Waals surface area contributed by atoms with E-state index in [9.17, 15) is 18.9 Å². The Morgan fingerprint density at radius 3 is 2.44 bits per heavy atom. The molecule has 8 heteroatoms. The van der Waals surface area contributed by atoms with Crippen molar-refractivity contribution in [2.45, 2.75) is 19.4 Å². The van der Waals surface area contributed by atoms with Crippen molar-refractivity contribution in [2.75, 3.05) is 0 Å². The second kappa shape index (κ2) is 9.65. The van der Waals surface area contributed by atoms with Crippen molar-refractivity contribution in [3.8, 4) is 11.3 Å². The van der Waals surface area contributed by atoms with Gasteiger partial charge < -0.3 is 4.57 Å². The number of aromatic nitrogens is 1. The Morgan fingerprint density at radius 1 is 1.00 bits per heavy atom. The number of nitro benzene ring substituents is 1. The maximum Gasteiger partial charge on any atom is 0.269 e. The minimum Gasteiger partial charge on any atom is -0.316 e. The maximum absolute atomic E-state index is 14.2. The minimum atomic E-state index is -0.730. The molecule has 1 aromatic heterocycles. The molecule has 0 aliphatic carbocycles. The molecule has 32 heavy (non-hydrogen) atoms. The van der Waals surface area contributed by atoms with Crippen LogP contribution in [0, 0.1) is 21.7 Å². The van der Waals surface area contributed by atoms with Gasteiger partial charge in [-0.25, -0.2) is 13.8 Å². The van der Waals surface area contributed by atoms with Gasteiger partial charge in [0, 0.05) is 30.1 Å². The fourth-order valence-electron chi connectivity index (χ4n) is 3.38. The van der Waals surface area contributed by atoms with E-state index in [4.69, 9.17) is 0 Å². The van der Waals surface area contributed by atoms with Gasteiger partial charge in [-0.05, 0) is 48.2 Å². The molecule has 4 rings (SSSR count). The van der Waals surface area contributed by atoms with Crippen LogP contribution in [0.1, 0.15) is 12.0 Å². The second-order valence-electron chi connectivity index (χ2n) is 7.16. The molecule has 0 N–H and O–H groups in total. The monoisotopic (exact) mass is 451 g/mol.